The van der Waals surface area contributed by atoms with Crippen LogP contribution in [-0.4, -0.2) is 44.4 Å². The normalized spacial score (nSPS) is 11.1. The number of carbonyl (C=O) groups excluding carboxylic acids is 1. The SMILES string of the molecule is CCOc1ccc(NC(=O)c2ccc(NC(=S)Nc3cc(S(=O)(=O)N(C)C)ccc3C)cc2)cc1. The van der Waals surface area contributed by atoms with Crippen molar-refractivity contribution in [3.63, 3.8) is 0 Å². The Balaban J connectivity index is 1.62. The van der Waals surface area contributed by atoms with E-state index in [0.717, 1.165) is 15.6 Å². The van der Waals surface area contributed by atoms with Gasteiger partial charge in [0.1, 0.15) is 5.75 Å². The van der Waals surface area contributed by atoms with E-state index < -0.39 is 10.0 Å². The third-order valence-electron chi connectivity index (χ3n) is 5.06. The largest absolute Gasteiger partial charge is 0.494 e. The molecular formula is C25H28N4O4S2. The number of hydrogen-bond donors (Lipinski definition) is 3. The number of ether oxygens (including phenoxy) is 1. The highest BCUT2D eigenvalue weighted by atomic mass is 32.2. The first-order valence-electron chi connectivity index (χ1n) is 10.9. The highest BCUT2D eigenvalue weighted by molar-refractivity contribution is 7.89. The molecule has 3 rings (SSSR count). The van der Waals surface area contributed by atoms with E-state index in [1.54, 1.807) is 66.7 Å². The first kappa shape index (κ1) is 26.1. The van der Waals surface area contributed by atoms with Crippen LogP contribution in [0.1, 0.15) is 22.8 Å². The molecule has 0 bridgehead atoms. The zero-order chi connectivity index (χ0) is 25.6. The van der Waals surface area contributed by atoms with Crippen molar-refractivity contribution in [1.29, 1.82) is 0 Å². The van der Waals surface area contributed by atoms with E-state index in [-0.39, 0.29) is 10.8 Å². The Kier molecular flexibility index (Phi) is 8.44. The molecule has 0 fully saturated rings. The van der Waals surface area contributed by atoms with Gasteiger partial charge in [0.15, 0.2) is 5.11 Å². The van der Waals surface area contributed by atoms with Gasteiger partial charge in [0.25, 0.3) is 5.91 Å². The number of nitrogens with zero attached hydrogens (tertiary/aromatic N) is 1. The number of nitrogens with one attached hydrogen (secondary N) is 3. The van der Waals surface area contributed by atoms with Gasteiger partial charge in [-0.1, -0.05) is 6.07 Å². The van der Waals surface area contributed by atoms with Crippen LogP contribution in [-0.2, 0) is 10.0 Å². The first-order valence-corrected chi connectivity index (χ1v) is 12.7. The molecule has 184 valence electrons. The fourth-order valence-electron chi connectivity index (χ4n) is 3.10. The van der Waals surface area contributed by atoms with Gasteiger partial charge in [-0.3, -0.25) is 4.79 Å². The maximum atomic E-state index is 12.5. The van der Waals surface area contributed by atoms with E-state index in [1.165, 1.54) is 14.1 Å². The number of benzene rings is 3. The van der Waals surface area contributed by atoms with Crippen LogP contribution in [0.25, 0.3) is 0 Å². The Morgan fingerprint density at radius 1 is 0.914 bits per heavy atom. The number of sulfonamides is 1. The molecule has 0 unspecified atom stereocenters. The predicted molar refractivity (Wildman–Crippen MR) is 144 cm³/mol. The van der Waals surface area contributed by atoms with Crippen LogP contribution in [0.15, 0.2) is 71.6 Å². The minimum atomic E-state index is -3.57. The Labute approximate surface area is 211 Å². The second-order valence-electron chi connectivity index (χ2n) is 7.83. The minimum Gasteiger partial charge on any atom is -0.494 e. The summed E-state index contributed by atoms with van der Waals surface area (Å²) in [6, 6.07) is 18.8. The van der Waals surface area contributed by atoms with Gasteiger partial charge in [-0.05, 0) is 92.3 Å². The van der Waals surface area contributed by atoms with Crippen LogP contribution >= 0.6 is 12.2 Å². The predicted octanol–water partition coefficient (Wildman–Crippen LogP) is 4.71. The van der Waals surface area contributed by atoms with Crippen molar-refractivity contribution in [2.24, 2.45) is 0 Å². The molecule has 3 N–H and O–H groups in total. The van der Waals surface area contributed by atoms with Crippen LogP contribution in [0.2, 0.25) is 0 Å². The van der Waals surface area contributed by atoms with Gasteiger partial charge in [0, 0.05) is 36.7 Å². The van der Waals surface area contributed by atoms with E-state index in [2.05, 4.69) is 16.0 Å². The number of carbonyl (C=O) groups is 1. The molecule has 0 spiro atoms. The van der Waals surface area contributed by atoms with Gasteiger partial charge in [0.2, 0.25) is 10.0 Å². The molecule has 0 atom stereocenters. The molecule has 10 heteroatoms. The van der Waals surface area contributed by atoms with Gasteiger partial charge in [-0.2, -0.15) is 0 Å². The van der Waals surface area contributed by atoms with E-state index in [1.807, 2.05) is 13.8 Å². The quantitative estimate of drug-likeness (QED) is 0.376. The summed E-state index contributed by atoms with van der Waals surface area (Å²) in [5.41, 5.74) is 3.25. The van der Waals surface area contributed by atoms with Gasteiger partial charge < -0.3 is 20.7 Å². The summed E-state index contributed by atoms with van der Waals surface area (Å²) >= 11 is 5.39. The fraction of sp³-hybridized carbons (Fsp3) is 0.200. The van der Waals surface area contributed by atoms with Crippen LogP contribution in [0.5, 0.6) is 5.75 Å². The van der Waals surface area contributed by atoms with Crippen LogP contribution in [0, 0.1) is 6.92 Å². The third kappa shape index (κ3) is 6.78. The van der Waals surface area contributed by atoms with Crippen LogP contribution < -0.4 is 20.7 Å². The fourth-order valence-corrected chi connectivity index (χ4v) is 4.26. The summed E-state index contributed by atoms with van der Waals surface area (Å²) < 4.78 is 31.4. The van der Waals surface area contributed by atoms with Crippen molar-refractivity contribution < 1.29 is 17.9 Å². The highest BCUT2D eigenvalue weighted by Crippen LogP contribution is 2.23. The standard InChI is InChI=1S/C25H28N4O4S2/c1-5-33-21-13-11-19(12-14-21)26-24(30)18-7-9-20(10-8-18)27-25(34)28-23-16-22(15-6-17(23)2)35(31,32)29(3)4/h6-16H,5H2,1-4H3,(H,26,30)(H2,27,28,34). The van der Waals surface area contributed by atoms with E-state index in [9.17, 15) is 13.2 Å². The maximum Gasteiger partial charge on any atom is 0.255 e. The number of rotatable bonds is 8. The summed E-state index contributed by atoms with van der Waals surface area (Å²) in [6.07, 6.45) is 0. The Hall–Kier alpha value is -3.47. The summed E-state index contributed by atoms with van der Waals surface area (Å²) in [5.74, 6) is 0.503. The smallest absolute Gasteiger partial charge is 0.255 e. The van der Waals surface area contributed by atoms with Crippen molar-refractivity contribution >= 4 is 50.3 Å². The minimum absolute atomic E-state index is 0.168. The Morgan fingerprint density at radius 3 is 2.11 bits per heavy atom. The topological polar surface area (TPSA) is 99.8 Å². The van der Waals surface area contributed by atoms with Gasteiger partial charge in [-0.25, -0.2) is 12.7 Å². The van der Waals surface area contributed by atoms with Gasteiger partial charge in [-0.15, -0.1) is 0 Å². The summed E-state index contributed by atoms with van der Waals surface area (Å²) in [4.78, 5) is 12.7. The monoisotopic (exact) mass is 512 g/mol. The van der Waals surface area contributed by atoms with Gasteiger partial charge >= 0.3 is 0 Å². The summed E-state index contributed by atoms with van der Waals surface area (Å²) in [5, 5.41) is 9.23. The number of aryl methyl sites for hydroxylation is 1. The van der Waals surface area contributed by atoms with Crippen molar-refractivity contribution in [1.82, 2.24) is 4.31 Å². The molecule has 0 aliphatic heterocycles. The van der Waals surface area contributed by atoms with Crippen molar-refractivity contribution in [2.75, 3.05) is 36.7 Å². The molecule has 0 saturated heterocycles. The van der Waals surface area contributed by atoms with Crippen LogP contribution in [0.3, 0.4) is 0 Å². The summed E-state index contributed by atoms with van der Waals surface area (Å²) in [6.45, 7) is 4.35. The Morgan fingerprint density at radius 2 is 1.51 bits per heavy atom. The molecule has 0 aliphatic rings. The van der Waals surface area contributed by atoms with E-state index in [4.69, 9.17) is 17.0 Å². The third-order valence-corrected chi connectivity index (χ3v) is 7.08. The highest BCUT2D eigenvalue weighted by Gasteiger charge is 2.18. The first-order chi connectivity index (χ1) is 16.6. The molecule has 1 amide bonds. The Bertz CT molecular complexity index is 1310. The van der Waals surface area contributed by atoms with Crippen molar-refractivity contribution in [2.45, 2.75) is 18.7 Å². The van der Waals surface area contributed by atoms with Crippen molar-refractivity contribution in [3.05, 3.63) is 77.9 Å². The molecule has 0 radical (unpaired) electrons. The molecule has 8 nitrogen and oxygen atoms in total. The average molecular weight is 513 g/mol. The van der Waals surface area contributed by atoms with Gasteiger partial charge in [0.05, 0.1) is 11.5 Å². The zero-order valence-corrected chi connectivity index (χ0v) is 21.6. The number of anilines is 3. The number of thiocarbonyl (C=S) groups is 1. The lowest BCUT2D eigenvalue weighted by Crippen LogP contribution is -2.23. The van der Waals surface area contributed by atoms with E-state index >= 15 is 0 Å². The lowest BCUT2D eigenvalue weighted by Gasteiger charge is -2.16. The second-order valence-corrected chi connectivity index (χ2v) is 10.4. The summed E-state index contributed by atoms with van der Waals surface area (Å²) in [7, 11) is -0.600. The molecule has 35 heavy (non-hydrogen) atoms. The second kappa shape index (κ2) is 11.3. The lowest BCUT2D eigenvalue weighted by molar-refractivity contribution is 0.102. The van der Waals surface area contributed by atoms with Crippen LogP contribution in [0.4, 0.5) is 17.1 Å². The number of hydrogen-bond acceptors (Lipinski definition) is 5. The molecule has 0 saturated carbocycles. The average Bonchev–Trinajstić information content (AvgIpc) is 2.82. The molecule has 3 aromatic carbocycles. The molecule has 0 heterocycles. The molecule has 3 aromatic rings. The lowest BCUT2D eigenvalue weighted by atomic mass is 10.2. The maximum absolute atomic E-state index is 12.5. The zero-order valence-electron chi connectivity index (χ0n) is 20.0. The molecule has 0 aliphatic carbocycles. The van der Waals surface area contributed by atoms with E-state index in [0.29, 0.717) is 34.3 Å². The molecule has 0 aromatic heterocycles. The number of amides is 1. The van der Waals surface area contributed by atoms with Crippen molar-refractivity contribution in [3.8, 4) is 5.75 Å². The molecular weight excluding hydrogens is 484 g/mol.